The molecular formula is C18H20N2O3. The Balaban J connectivity index is 1.71. The van der Waals surface area contributed by atoms with Crippen LogP contribution >= 0.6 is 0 Å². The zero-order valence-corrected chi connectivity index (χ0v) is 13.3. The van der Waals surface area contributed by atoms with Gasteiger partial charge in [0.1, 0.15) is 5.75 Å². The van der Waals surface area contributed by atoms with E-state index < -0.39 is 6.09 Å². The van der Waals surface area contributed by atoms with Crippen molar-refractivity contribution in [3.05, 3.63) is 65.2 Å². The monoisotopic (exact) mass is 312 g/mol. The highest BCUT2D eigenvalue weighted by Crippen LogP contribution is 2.09. The quantitative estimate of drug-likeness (QED) is 0.834. The summed E-state index contributed by atoms with van der Waals surface area (Å²) in [6, 6.07) is 14.4. The number of rotatable bonds is 5. The maximum atomic E-state index is 12.0. The van der Waals surface area contributed by atoms with Gasteiger partial charge in [-0.2, -0.15) is 0 Å². The molecule has 2 aromatic rings. The number of hydrogen-bond donors (Lipinski definition) is 2. The van der Waals surface area contributed by atoms with E-state index in [0.717, 1.165) is 11.1 Å². The molecule has 5 heteroatoms. The Labute approximate surface area is 135 Å². The van der Waals surface area contributed by atoms with Crippen molar-refractivity contribution >= 4 is 12.0 Å². The molecule has 23 heavy (non-hydrogen) atoms. The van der Waals surface area contributed by atoms with E-state index in [-0.39, 0.29) is 5.91 Å². The van der Waals surface area contributed by atoms with E-state index in [4.69, 9.17) is 4.74 Å². The van der Waals surface area contributed by atoms with Crippen molar-refractivity contribution in [3.63, 3.8) is 0 Å². The summed E-state index contributed by atoms with van der Waals surface area (Å²) >= 11 is 0. The fraction of sp³-hybridized carbons (Fsp3) is 0.222. The van der Waals surface area contributed by atoms with Crippen molar-refractivity contribution < 1.29 is 14.3 Å². The lowest BCUT2D eigenvalue weighted by molar-refractivity contribution is 0.0953. The summed E-state index contributed by atoms with van der Waals surface area (Å²) in [5.41, 5.74) is 2.83. The first-order valence-corrected chi connectivity index (χ1v) is 7.42. The van der Waals surface area contributed by atoms with Gasteiger partial charge in [0.05, 0.1) is 0 Å². The van der Waals surface area contributed by atoms with E-state index in [2.05, 4.69) is 10.6 Å². The topological polar surface area (TPSA) is 67.4 Å². The smallest absolute Gasteiger partial charge is 0.410 e. The highest BCUT2D eigenvalue weighted by Gasteiger charge is 2.07. The first-order chi connectivity index (χ1) is 11.1. The normalized spacial score (nSPS) is 10.0. The highest BCUT2D eigenvalue weighted by molar-refractivity contribution is 5.94. The van der Waals surface area contributed by atoms with E-state index >= 15 is 0 Å². The fourth-order valence-corrected chi connectivity index (χ4v) is 1.96. The zero-order valence-electron chi connectivity index (χ0n) is 13.3. The molecule has 2 rings (SSSR count). The summed E-state index contributed by atoms with van der Waals surface area (Å²) in [6.45, 7) is 4.59. The van der Waals surface area contributed by atoms with Gasteiger partial charge in [0.25, 0.3) is 5.91 Å². The lowest BCUT2D eigenvalue weighted by Crippen LogP contribution is -2.36. The molecule has 0 spiro atoms. The molecule has 0 aromatic heterocycles. The van der Waals surface area contributed by atoms with E-state index in [0.29, 0.717) is 24.4 Å². The van der Waals surface area contributed by atoms with Crippen LogP contribution < -0.4 is 15.4 Å². The van der Waals surface area contributed by atoms with Crippen LogP contribution in [0.25, 0.3) is 0 Å². The molecule has 0 unspecified atom stereocenters. The third-order valence-corrected chi connectivity index (χ3v) is 3.40. The Hall–Kier alpha value is -2.82. The number of hydrogen-bond acceptors (Lipinski definition) is 3. The molecule has 0 aliphatic carbocycles. The summed E-state index contributed by atoms with van der Waals surface area (Å²) < 4.78 is 5.07. The minimum Gasteiger partial charge on any atom is -0.410 e. The van der Waals surface area contributed by atoms with Crippen LogP contribution in [0, 0.1) is 13.8 Å². The second-order valence-electron chi connectivity index (χ2n) is 5.18. The first-order valence-electron chi connectivity index (χ1n) is 7.42. The second kappa shape index (κ2) is 7.98. The number of para-hydroxylation sites is 1. The Bertz CT molecular complexity index is 684. The number of ether oxygens (including phenoxy) is 1. The Morgan fingerprint density at radius 2 is 1.61 bits per heavy atom. The predicted molar refractivity (Wildman–Crippen MR) is 88.7 cm³/mol. The number of nitrogens with one attached hydrogen (secondary N) is 2. The van der Waals surface area contributed by atoms with Gasteiger partial charge in [-0.05, 0) is 49.2 Å². The van der Waals surface area contributed by atoms with Gasteiger partial charge in [-0.1, -0.05) is 24.3 Å². The van der Waals surface area contributed by atoms with Gasteiger partial charge in [0, 0.05) is 18.7 Å². The van der Waals surface area contributed by atoms with Crippen LogP contribution in [0.3, 0.4) is 0 Å². The first kappa shape index (κ1) is 16.5. The summed E-state index contributed by atoms with van der Waals surface area (Å²) in [7, 11) is 0. The molecule has 0 aliphatic rings. The second-order valence-corrected chi connectivity index (χ2v) is 5.18. The average molecular weight is 312 g/mol. The van der Waals surface area contributed by atoms with Crippen LogP contribution in [0.2, 0.25) is 0 Å². The van der Waals surface area contributed by atoms with Gasteiger partial charge >= 0.3 is 6.09 Å². The van der Waals surface area contributed by atoms with E-state index in [1.54, 1.807) is 30.3 Å². The zero-order chi connectivity index (χ0) is 16.7. The molecule has 0 radical (unpaired) electrons. The molecule has 0 bridgehead atoms. The molecule has 5 nitrogen and oxygen atoms in total. The standard InChI is InChI=1S/C18H20N2O3/c1-13-8-9-15(12-14(13)2)17(21)19-10-11-20-18(22)23-16-6-4-3-5-7-16/h3-9,12H,10-11H2,1-2H3,(H,19,21)(H,20,22). The van der Waals surface area contributed by atoms with Gasteiger partial charge in [-0.15, -0.1) is 0 Å². The minimum absolute atomic E-state index is 0.161. The third-order valence-electron chi connectivity index (χ3n) is 3.40. The van der Waals surface area contributed by atoms with Crippen molar-refractivity contribution in [1.29, 1.82) is 0 Å². The third kappa shape index (κ3) is 5.14. The summed E-state index contributed by atoms with van der Waals surface area (Å²) in [5.74, 6) is 0.315. The molecule has 0 aliphatic heterocycles. The molecular weight excluding hydrogens is 292 g/mol. The van der Waals surface area contributed by atoms with Gasteiger partial charge in [-0.3, -0.25) is 4.79 Å². The fourth-order valence-electron chi connectivity index (χ4n) is 1.96. The van der Waals surface area contributed by atoms with E-state index in [1.807, 2.05) is 32.0 Å². The number of carbonyl (C=O) groups is 2. The van der Waals surface area contributed by atoms with Crippen molar-refractivity contribution in [2.45, 2.75) is 13.8 Å². The number of aryl methyl sites for hydroxylation is 2. The lowest BCUT2D eigenvalue weighted by atomic mass is 10.1. The maximum Gasteiger partial charge on any atom is 0.412 e. The molecule has 0 heterocycles. The molecule has 0 saturated carbocycles. The maximum absolute atomic E-state index is 12.0. The Morgan fingerprint density at radius 1 is 0.913 bits per heavy atom. The van der Waals surface area contributed by atoms with Crippen molar-refractivity contribution in [2.24, 2.45) is 0 Å². The Morgan fingerprint density at radius 3 is 2.30 bits per heavy atom. The SMILES string of the molecule is Cc1ccc(C(=O)NCCNC(=O)Oc2ccccc2)cc1C. The predicted octanol–water partition coefficient (Wildman–Crippen LogP) is 2.82. The van der Waals surface area contributed by atoms with Crippen molar-refractivity contribution in [1.82, 2.24) is 10.6 Å². The summed E-state index contributed by atoms with van der Waals surface area (Å²) in [6.07, 6.45) is -0.545. The van der Waals surface area contributed by atoms with E-state index in [1.165, 1.54) is 0 Å². The largest absolute Gasteiger partial charge is 0.412 e. The summed E-state index contributed by atoms with van der Waals surface area (Å²) in [4.78, 5) is 23.6. The van der Waals surface area contributed by atoms with E-state index in [9.17, 15) is 9.59 Å². The molecule has 2 amide bonds. The van der Waals surface area contributed by atoms with Gasteiger partial charge in [0.15, 0.2) is 0 Å². The van der Waals surface area contributed by atoms with Crippen LogP contribution in [0.5, 0.6) is 5.75 Å². The minimum atomic E-state index is -0.545. The summed E-state index contributed by atoms with van der Waals surface area (Å²) in [5, 5.41) is 5.34. The molecule has 0 fully saturated rings. The lowest BCUT2D eigenvalue weighted by Gasteiger charge is -2.09. The van der Waals surface area contributed by atoms with Gasteiger partial charge in [-0.25, -0.2) is 4.79 Å². The molecule has 0 saturated heterocycles. The Kier molecular flexibility index (Phi) is 5.74. The van der Waals surface area contributed by atoms with Crippen molar-refractivity contribution in [2.75, 3.05) is 13.1 Å². The highest BCUT2D eigenvalue weighted by atomic mass is 16.6. The molecule has 0 atom stereocenters. The molecule has 2 aromatic carbocycles. The van der Waals surface area contributed by atoms with Crippen LogP contribution in [0.15, 0.2) is 48.5 Å². The number of amides is 2. The molecule has 2 N–H and O–H groups in total. The van der Waals surface area contributed by atoms with Crippen LogP contribution in [0.1, 0.15) is 21.5 Å². The van der Waals surface area contributed by atoms with Crippen LogP contribution in [-0.4, -0.2) is 25.1 Å². The number of benzene rings is 2. The van der Waals surface area contributed by atoms with Crippen molar-refractivity contribution in [3.8, 4) is 5.75 Å². The average Bonchev–Trinajstić information content (AvgIpc) is 2.55. The van der Waals surface area contributed by atoms with Crippen LogP contribution in [-0.2, 0) is 0 Å². The molecule has 120 valence electrons. The van der Waals surface area contributed by atoms with Gasteiger partial charge in [0.2, 0.25) is 0 Å². The number of carbonyl (C=O) groups excluding carboxylic acids is 2. The van der Waals surface area contributed by atoms with Gasteiger partial charge < -0.3 is 15.4 Å². The van der Waals surface area contributed by atoms with Crippen LogP contribution in [0.4, 0.5) is 4.79 Å².